The zero-order valence-electron chi connectivity index (χ0n) is 9.47. The molecule has 0 aromatic rings. The van der Waals surface area contributed by atoms with Gasteiger partial charge in [-0.2, -0.15) is 0 Å². The van der Waals surface area contributed by atoms with Crippen molar-refractivity contribution in [1.82, 2.24) is 0 Å². The van der Waals surface area contributed by atoms with Crippen LogP contribution in [0.4, 0.5) is 0 Å². The number of nitrogens with zero attached hydrogens (tertiary/aromatic N) is 1. The smallest absolute Gasteiger partial charge is 0.0231 e. The van der Waals surface area contributed by atoms with E-state index in [-0.39, 0.29) is 0 Å². The van der Waals surface area contributed by atoms with Crippen molar-refractivity contribution in [2.75, 3.05) is 0 Å². The number of unbranched alkanes of at least 4 members (excludes halogenated alkanes) is 6. The molecule has 14 heavy (non-hydrogen) atoms. The summed E-state index contributed by atoms with van der Waals surface area (Å²) >= 11 is 0. The van der Waals surface area contributed by atoms with Gasteiger partial charge in [-0.05, 0) is 12.8 Å². The molecule has 0 saturated carbocycles. The van der Waals surface area contributed by atoms with Gasteiger partial charge in [0.15, 0.2) is 0 Å². The number of hydrogen-bond donors (Lipinski definition) is 0. The normalized spacial score (nSPS) is 14.8. The maximum atomic E-state index is 4.32. The second-order valence-electron chi connectivity index (χ2n) is 4.16. The quantitative estimate of drug-likeness (QED) is 0.504. The number of rotatable bonds is 8. The van der Waals surface area contributed by atoms with E-state index in [0.717, 1.165) is 6.42 Å². The van der Waals surface area contributed by atoms with E-state index in [9.17, 15) is 0 Å². The lowest BCUT2D eigenvalue weighted by Crippen LogP contribution is -1.92. The molecule has 1 nitrogen and oxygen atoms in total. The minimum atomic E-state index is 1.11. The molecule has 0 bridgehead atoms. The van der Waals surface area contributed by atoms with Crippen LogP contribution in [-0.2, 0) is 0 Å². The van der Waals surface area contributed by atoms with Crippen molar-refractivity contribution in [1.29, 1.82) is 0 Å². The molecule has 1 rings (SSSR count). The third-order valence-electron chi connectivity index (χ3n) is 2.78. The lowest BCUT2D eigenvalue weighted by atomic mass is 10.1. The van der Waals surface area contributed by atoms with Crippen LogP contribution in [0.2, 0.25) is 0 Å². The van der Waals surface area contributed by atoms with Crippen molar-refractivity contribution < 1.29 is 0 Å². The van der Waals surface area contributed by atoms with E-state index in [2.05, 4.69) is 18.0 Å². The van der Waals surface area contributed by atoms with Crippen LogP contribution < -0.4 is 0 Å². The molecule has 0 spiro atoms. The van der Waals surface area contributed by atoms with Crippen LogP contribution in [-0.4, -0.2) is 5.71 Å². The Balaban J connectivity index is 1.80. The minimum absolute atomic E-state index is 1.11. The van der Waals surface area contributed by atoms with Gasteiger partial charge in [0.1, 0.15) is 0 Å². The van der Waals surface area contributed by atoms with Crippen LogP contribution >= 0.6 is 0 Å². The van der Waals surface area contributed by atoms with Crippen LogP contribution in [0.25, 0.3) is 0 Å². The molecule has 1 aliphatic rings. The fourth-order valence-corrected chi connectivity index (χ4v) is 1.85. The molecular formula is C13H23N. The van der Waals surface area contributed by atoms with Gasteiger partial charge in [0.2, 0.25) is 0 Å². The average Bonchev–Trinajstić information content (AvgIpc) is 2.69. The van der Waals surface area contributed by atoms with Crippen LogP contribution in [0, 0.1) is 0 Å². The van der Waals surface area contributed by atoms with Gasteiger partial charge in [-0.15, -0.1) is 0 Å². The summed E-state index contributed by atoms with van der Waals surface area (Å²) in [6.07, 6.45) is 16.2. The first kappa shape index (κ1) is 11.5. The highest BCUT2D eigenvalue weighted by atomic mass is 14.7. The van der Waals surface area contributed by atoms with Crippen LogP contribution in [0.15, 0.2) is 17.3 Å². The van der Waals surface area contributed by atoms with Crippen molar-refractivity contribution in [2.24, 2.45) is 4.99 Å². The summed E-state index contributed by atoms with van der Waals surface area (Å²) in [4.78, 5) is 4.32. The molecule has 1 heteroatoms. The molecule has 80 valence electrons. The molecule has 1 heterocycles. The third-order valence-corrected chi connectivity index (χ3v) is 2.78. The molecular weight excluding hydrogens is 170 g/mol. The van der Waals surface area contributed by atoms with E-state index in [1.165, 1.54) is 57.1 Å². The Morgan fingerprint density at radius 1 is 1.07 bits per heavy atom. The van der Waals surface area contributed by atoms with Gasteiger partial charge in [0.25, 0.3) is 0 Å². The van der Waals surface area contributed by atoms with E-state index in [1.54, 1.807) is 0 Å². The number of hydrogen-bond acceptors (Lipinski definition) is 1. The molecule has 0 atom stereocenters. The predicted molar refractivity (Wildman–Crippen MR) is 63.8 cm³/mol. The summed E-state index contributed by atoms with van der Waals surface area (Å²) in [7, 11) is 0. The summed E-state index contributed by atoms with van der Waals surface area (Å²) < 4.78 is 0. The van der Waals surface area contributed by atoms with Crippen LogP contribution in [0.3, 0.4) is 0 Å². The van der Waals surface area contributed by atoms with E-state index < -0.39 is 0 Å². The Morgan fingerprint density at radius 3 is 2.43 bits per heavy atom. The fraction of sp³-hybridized carbons (Fsp3) is 0.769. The summed E-state index contributed by atoms with van der Waals surface area (Å²) in [5.41, 5.74) is 1.39. The maximum Gasteiger partial charge on any atom is 0.0231 e. The highest BCUT2D eigenvalue weighted by Crippen LogP contribution is 2.11. The van der Waals surface area contributed by atoms with Crippen molar-refractivity contribution in [3.63, 3.8) is 0 Å². The Hall–Kier alpha value is -0.590. The summed E-state index contributed by atoms with van der Waals surface area (Å²) in [5.74, 6) is 0. The lowest BCUT2D eigenvalue weighted by Gasteiger charge is -2.01. The molecule has 0 radical (unpaired) electrons. The Bertz CT molecular complexity index is 191. The highest BCUT2D eigenvalue weighted by molar-refractivity contribution is 5.87. The van der Waals surface area contributed by atoms with Gasteiger partial charge in [0, 0.05) is 18.3 Å². The molecule has 0 unspecified atom stereocenters. The average molecular weight is 193 g/mol. The molecule has 0 aromatic heterocycles. The molecule has 0 aromatic carbocycles. The minimum Gasteiger partial charge on any atom is -0.266 e. The molecule has 0 aliphatic carbocycles. The van der Waals surface area contributed by atoms with Crippen molar-refractivity contribution in [3.05, 3.63) is 12.3 Å². The molecule has 0 saturated heterocycles. The molecule has 0 fully saturated rings. The van der Waals surface area contributed by atoms with Gasteiger partial charge in [0.05, 0.1) is 0 Å². The van der Waals surface area contributed by atoms with Gasteiger partial charge in [-0.1, -0.05) is 51.5 Å². The van der Waals surface area contributed by atoms with E-state index in [0.29, 0.717) is 0 Å². The monoisotopic (exact) mass is 193 g/mol. The van der Waals surface area contributed by atoms with Gasteiger partial charge < -0.3 is 0 Å². The number of allylic oxidation sites excluding steroid dienone is 1. The van der Waals surface area contributed by atoms with Crippen molar-refractivity contribution in [2.45, 2.75) is 64.7 Å². The van der Waals surface area contributed by atoms with E-state index >= 15 is 0 Å². The Morgan fingerprint density at radius 2 is 1.79 bits per heavy atom. The summed E-state index contributed by atoms with van der Waals surface area (Å²) in [6, 6.07) is 0. The molecule has 0 amide bonds. The summed E-state index contributed by atoms with van der Waals surface area (Å²) in [6.45, 7) is 2.27. The van der Waals surface area contributed by atoms with E-state index in [4.69, 9.17) is 0 Å². The van der Waals surface area contributed by atoms with E-state index in [1.807, 2.05) is 6.20 Å². The second-order valence-corrected chi connectivity index (χ2v) is 4.16. The maximum absolute atomic E-state index is 4.32. The SMILES string of the molecule is CCCCCCCCCC1=NC=CC1. The van der Waals surface area contributed by atoms with Gasteiger partial charge in [-0.25, -0.2) is 0 Å². The third kappa shape index (κ3) is 5.21. The highest BCUT2D eigenvalue weighted by Gasteiger charge is 2.00. The van der Waals surface area contributed by atoms with Crippen LogP contribution in [0.1, 0.15) is 64.7 Å². The van der Waals surface area contributed by atoms with Crippen molar-refractivity contribution >= 4 is 5.71 Å². The van der Waals surface area contributed by atoms with Gasteiger partial charge in [-0.3, -0.25) is 4.99 Å². The Kier molecular flexibility index (Phi) is 6.38. The predicted octanol–water partition coefficient (Wildman–Crippen LogP) is 4.49. The first-order valence-corrected chi connectivity index (χ1v) is 6.14. The van der Waals surface area contributed by atoms with Gasteiger partial charge >= 0.3 is 0 Å². The van der Waals surface area contributed by atoms with Crippen molar-refractivity contribution in [3.8, 4) is 0 Å². The molecule has 1 aliphatic heterocycles. The number of aliphatic imine (C=N–C) groups is 1. The topological polar surface area (TPSA) is 12.4 Å². The standard InChI is InChI=1S/C13H23N/c1-2-3-4-5-6-7-8-10-13-11-9-12-14-13/h9,12H,2-8,10-11H2,1H3. The van der Waals surface area contributed by atoms with Crippen LogP contribution in [0.5, 0.6) is 0 Å². The zero-order valence-corrected chi connectivity index (χ0v) is 9.47. The lowest BCUT2D eigenvalue weighted by molar-refractivity contribution is 0.595. The Labute approximate surface area is 88.3 Å². The fourth-order valence-electron chi connectivity index (χ4n) is 1.85. The zero-order chi connectivity index (χ0) is 10.1. The summed E-state index contributed by atoms with van der Waals surface area (Å²) in [5, 5.41) is 0. The first-order chi connectivity index (χ1) is 6.93. The second kappa shape index (κ2) is 7.78. The largest absolute Gasteiger partial charge is 0.266 e. The first-order valence-electron chi connectivity index (χ1n) is 6.14. The molecule has 0 N–H and O–H groups in total.